The molecule has 2 nitrogen and oxygen atoms in total. The molecule has 744 valence electrons. The van der Waals surface area contributed by atoms with E-state index in [-0.39, 0.29) is 0 Å². The second kappa shape index (κ2) is 38.1. The van der Waals surface area contributed by atoms with Gasteiger partial charge in [0.1, 0.15) is 12.3 Å². The summed E-state index contributed by atoms with van der Waals surface area (Å²) in [6.45, 7) is 13.1. The minimum absolute atomic E-state index is 0.691. The van der Waals surface area contributed by atoms with Crippen molar-refractivity contribution in [2.75, 3.05) is 53.4 Å². The molecule has 2 aliphatic heterocycles. The van der Waals surface area contributed by atoms with Crippen LogP contribution in [0.5, 0.6) is 0 Å². The van der Waals surface area contributed by atoms with Crippen molar-refractivity contribution in [1.29, 1.82) is 0 Å². The molecule has 2 saturated heterocycles. The Morgan fingerprint density at radius 3 is 0.336 bits per heavy atom. The van der Waals surface area contributed by atoms with Gasteiger partial charge in [-0.3, -0.25) is 0 Å². The first-order chi connectivity index (χ1) is 60.1. The van der Waals surface area contributed by atoms with E-state index in [0.717, 1.165) is 0 Å². The van der Waals surface area contributed by atoms with Crippen molar-refractivity contribution in [3.05, 3.63) is 235 Å². The monoisotopic (exact) mass is 2010 g/mol. The first-order valence-corrected chi connectivity index (χ1v) is 38.4. The summed E-state index contributed by atoms with van der Waals surface area (Å²) >= 11 is 0. The van der Waals surface area contributed by atoms with Crippen LogP contribution in [0.1, 0.15) is 154 Å². The smallest absolute Gasteiger partial charge is 0.326 e. The minimum Gasteiger partial charge on any atom is -0.326 e. The molecule has 0 atom stereocenters. The van der Waals surface area contributed by atoms with Gasteiger partial charge in [0.05, 0.1) is 142 Å². The SMILES string of the molecule is CCCC[N+]1(C)CCCC1.CCCC[N+]1(C)CCCC1.FC(F)(F)c1cc([B-](c2cc(C(F)(F)F)cc(C(F)(F)F)c2)(c2cc(C(F)(F)F)cc(C(F)(F)F)c2)c2cc(C(F)(F)F)cc(C(F)(F)F)c2)cc(C(F)(F)F)c1.FC(F)(F)c1cc([B-](c2cc(C(F)(F)F)cc(C(F)(F)F)c2)(c2cc(C(F)(F)F)cc(C(F)(F)F)c2)c2cc(C(F)(F)F)cc(C(F)(F)F)c2)cc(C(F)(F)F)c1. The van der Waals surface area contributed by atoms with Crippen molar-refractivity contribution in [2.24, 2.45) is 0 Å². The van der Waals surface area contributed by atoms with E-state index in [1.807, 2.05) is 0 Å². The third-order valence-electron chi connectivity index (χ3n) is 22.3. The molecule has 0 N–H and O–H groups in total. The zero-order chi connectivity index (χ0) is 103. The van der Waals surface area contributed by atoms with Gasteiger partial charge >= 0.3 is 98.8 Å². The summed E-state index contributed by atoms with van der Waals surface area (Å²) < 4.78 is 684. The Morgan fingerprint density at radius 1 is 0.172 bits per heavy atom. The summed E-state index contributed by atoms with van der Waals surface area (Å²) in [7, 11) is 4.81. The van der Waals surface area contributed by atoms with Crippen LogP contribution in [-0.4, -0.2) is 74.6 Å². The quantitative estimate of drug-likeness (QED) is 0.0578. The Labute approximate surface area is 725 Å². The number of alkyl halides is 48. The van der Waals surface area contributed by atoms with E-state index >= 15 is 0 Å². The highest BCUT2D eigenvalue weighted by Crippen LogP contribution is 2.47. The van der Waals surface area contributed by atoms with Gasteiger partial charge in [-0.05, 0) is 61.4 Å². The average molecular weight is 2010 g/mol. The first-order valence-electron chi connectivity index (χ1n) is 38.4. The van der Waals surface area contributed by atoms with Crippen LogP contribution in [0.15, 0.2) is 146 Å². The standard InChI is InChI=1S/2C32H12BF24.2C9H20N/c2*34-25(35,36)13-1-14(26(37,38)39)6-21(5-13)33(22-7-15(27(40,41)42)2-16(8-22)28(43,44)45,23-9-17(29(46,47)48)3-18(10-23)30(49,50)51)24-11-19(31(52,53)54)4-20(12-24)32(55,56)57;2*1-3-4-7-10(2)8-5-6-9-10/h2*1-12H;2*3-9H2,1-2H3/q2*-1;2*+1. The summed E-state index contributed by atoms with van der Waals surface area (Å²) in [5.74, 6) is 0. The molecule has 0 aliphatic carbocycles. The van der Waals surface area contributed by atoms with Crippen LogP contribution in [0.3, 0.4) is 0 Å². The molecular weight excluding hydrogens is 1950 g/mol. The molecule has 52 heteroatoms. The lowest BCUT2D eigenvalue weighted by molar-refractivity contribution is -0.897. The number of unbranched alkanes of at least 4 members (excludes halogenated alkanes) is 2. The second-order valence-electron chi connectivity index (χ2n) is 32.1. The lowest BCUT2D eigenvalue weighted by Crippen LogP contribution is -2.75. The van der Waals surface area contributed by atoms with Crippen molar-refractivity contribution < 1.29 is 220 Å². The van der Waals surface area contributed by atoms with Gasteiger partial charge in [0.15, 0.2) is 0 Å². The van der Waals surface area contributed by atoms with Crippen molar-refractivity contribution in [1.82, 2.24) is 0 Å². The highest BCUT2D eigenvalue weighted by atomic mass is 19.5. The fourth-order valence-corrected chi connectivity index (χ4v) is 15.9. The molecule has 2 fully saturated rings. The predicted molar refractivity (Wildman–Crippen MR) is 390 cm³/mol. The number of rotatable bonds is 14. The largest absolute Gasteiger partial charge is 0.416 e. The Balaban J connectivity index is 0.000000301. The van der Waals surface area contributed by atoms with Crippen LogP contribution in [0.25, 0.3) is 0 Å². The molecule has 2 heterocycles. The predicted octanol–water partition coefficient (Wildman–Crippen LogP) is 26.5. The number of hydrogen-bond acceptors (Lipinski definition) is 0. The molecule has 0 amide bonds. The fourth-order valence-electron chi connectivity index (χ4n) is 15.9. The molecule has 134 heavy (non-hydrogen) atoms. The van der Waals surface area contributed by atoms with E-state index in [2.05, 4.69) is 27.9 Å². The van der Waals surface area contributed by atoms with Crippen molar-refractivity contribution in [3.8, 4) is 0 Å². The van der Waals surface area contributed by atoms with E-state index in [0.29, 0.717) is 0 Å². The second-order valence-corrected chi connectivity index (χ2v) is 32.1. The molecule has 10 rings (SSSR count). The van der Waals surface area contributed by atoms with Gasteiger partial charge in [-0.15, -0.1) is 0 Å². The van der Waals surface area contributed by atoms with Gasteiger partial charge < -0.3 is 8.97 Å². The average Bonchev–Trinajstić information content (AvgIpc) is 0.710. The number of nitrogens with zero attached hydrogens (tertiary/aromatic N) is 2. The molecule has 0 unspecified atom stereocenters. The lowest BCUT2D eigenvalue weighted by atomic mass is 9.12. The van der Waals surface area contributed by atoms with Crippen molar-refractivity contribution in [3.63, 3.8) is 0 Å². The number of quaternary nitrogens is 2. The fraction of sp³-hybridized carbons (Fsp3) is 0.415. The maximum atomic E-state index is 14.2. The summed E-state index contributed by atoms with van der Waals surface area (Å²) in [6.07, 6.45) is -98.2. The van der Waals surface area contributed by atoms with Crippen molar-refractivity contribution in [2.45, 2.75) is 164 Å². The van der Waals surface area contributed by atoms with Crippen LogP contribution < -0.4 is 43.7 Å². The third kappa shape index (κ3) is 27.0. The Bertz CT molecular complexity index is 4190. The summed E-state index contributed by atoms with van der Waals surface area (Å²) in [4.78, 5) is 0. The number of hydrogen-bond donors (Lipinski definition) is 0. The molecule has 0 bridgehead atoms. The number of benzene rings is 8. The number of likely N-dealkylation sites (tertiary alicyclic amines) is 2. The Kier molecular flexibility index (Phi) is 31.7. The molecule has 0 saturated carbocycles. The Hall–Kier alpha value is -9.55. The minimum atomic E-state index is -6.13. The van der Waals surface area contributed by atoms with Crippen LogP contribution in [0, 0.1) is 0 Å². The molecule has 0 radical (unpaired) electrons. The van der Waals surface area contributed by atoms with Gasteiger partial charge in [-0.25, -0.2) is 0 Å². The maximum absolute atomic E-state index is 14.2. The lowest BCUT2D eigenvalue weighted by Gasteiger charge is -2.46. The third-order valence-corrected chi connectivity index (χ3v) is 22.3. The normalized spacial score (nSPS) is 15.7. The van der Waals surface area contributed by atoms with E-state index in [9.17, 15) is 211 Å². The zero-order valence-electron chi connectivity index (χ0n) is 67.9. The topological polar surface area (TPSA) is 0 Å². The molecule has 0 spiro atoms. The van der Waals surface area contributed by atoms with Gasteiger partial charge in [0, 0.05) is 25.7 Å². The van der Waals surface area contributed by atoms with E-state index in [4.69, 9.17) is 0 Å². The Morgan fingerprint density at radius 2 is 0.261 bits per heavy atom. The van der Waals surface area contributed by atoms with E-state index in [1.165, 1.54) is 99.6 Å². The summed E-state index contributed by atoms with van der Waals surface area (Å²) in [5, 5.41) is 0. The van der Waals surface area contributed by atoms with Crippen LogP contribution in [0.2, 0.25) is 0 Å². The van der Waals surface area contributed by atoms with E-state index < -0.39 is 389 Å². The molecule has 0 aromatic heterocycles. The summed E-state index contributed by atoms with van der Waals surface area (Å²) in [6, 6.07) is -17.6. The van der Waals surface area contributed by atoms with Gasteiger partial charge in [-0.1, -0.05) is 124 Å². The van der Waals surface area contributed by atoms with Gasteiger partial charge in [0.25, 0.3) is 0 Å². The highest BCUT2D eigenvalue weighted by molar-refractivity contribution is 7.20. The van der Waals surface area contributed by atoms with Gasteiger partial charge in [-0.2, -0.15) is 254 Å². The molecule has 8 aromatic rings. The number of halogens is 48. The zero-order valence-corrected chi connectivity index (χ0v) is 67.9. The van der Waals surface area contributed by atoms with E-state index in [1.54, 1.807) is 0 Å². The summed E-state index contributed by atoms with van der Waals surface area (Å²) in [5.41, 5.74) is -60.4. The molecule has 2 aliphatic rings. The maximum Gasteiger partial charge on any atom is 0.416 e. The highest BCUT2D eigenvalue weighted by Gasteiger charge is 2.52. The molecule has 8 aromatic carbocycles. The van der Waals surface area contributed by atoms with Crippen LogP contribution in [-0.2, 0) is 98.8 Å². The van der Waals surface area contributed by atoms with Crippen LogP contribution in [0.4, 0.5) is 211 Å². The van der Waals surface area contributed by atoms with Crippen LogP contribution >= 0.6 is 0 Å². The van der Waals surface area contributed by atoms with Gasteiger partial charge in [0.2, 0.25) is 0 Å². The first kappa shape index (κ1) is 111. The molecular formula is C82H64B2F48N2. The van der Waals surface area contributed by atoms with Crippen molar-refractivity contribution >= 4 is 56.0 Å².